The summed E-state index contributed by atoms with van der Waals surface area (Å²) in [6, 6.07) is 15.1. The van der Waals surface area contributed by atoms with Crippen LogP contribution in [0.5, 0.6) is 11.6 Å². The van der Waals surface area contributed by atoms with Gasteiger partial charge in [-0.25, -0.2) is 4.79 Å². The quantitative estimate of drug-likeness (QED) is 0.437. The first-order valence-electron chi connectivity index (χ1n) is 11.0. The van der Waals surface area contributed by atoms with E-state index in [-0.39, 0.29) is 18.0 Å². The van der Waals surface area contributed by atoms with E-state index in [0.717, 1.165) is 46.4 Å². The molecule has 2 aromatic carbocycles. The fourth-order valence-corrected chi connectivity index (χ4v) is 4.79. The van der Waals surface area contributed by atoms with Crippen LogP contribution in [-0.4, -0.2) is 45.2 Å². The van der Waals surface area contributed by atoms with Gasteiger partial charge in [0.25, 0.3) is 5.56 Å². The maximum atomic E-state index is 12.9. The molecular formula is C25H26N4O4. The van der Waals surface area contributed by atoms with E-state index in [0.29, 0.717) is 6.42 Å². The van der Waals surface area contributed by atoms with E-state index in [1.165, 1.54) is 4.57 Å². The molecule has 4 aromatic rings. The first-order chi connectivity index (χ1) is 16.0. The summed E-state index contributed by atoms with van der Waals surface area (Å²) in [7, 11) is 3.53. The van der Waals surface area contributed by atoms with Crippen LogP contribution >= 0.6 is 0 Å². The Morgan fingerprint density at radius 3 is 2.61 bits per heavy atom. The van der Waals surface area contributed by atoms with Gasteiger partial charge in [-0.1, -0.05) is 30.3 Å². The van der Waals surface area contributed by atoms with E-state index in [1.54, 1.807) is 7.11 Å². The molecule has 3 N–H and O–H groups in total. The third kappa shape index (κ3) is 3.62. The van der Waals surface area contributed by atoms with Gasteiger partial charge in [0.15, 0.2) is 0 Å². The predicted molar refractivity (Wildman–Crippen MR) is 126 cm³/mol. The first-order valence-corrected chi connectivity index (χ1v) is 11.0. The van der Waals surface area contributed by atoms with Crippen molar-refractivity contribution < 1.29 is 9.84 Å². The number of aromatic hydroxyl groups is 1. The number of fused-ring (bicyclic) bond motifs is 3. The largest absolute Gasteiger partial charge is 0.497 e. The van der Waals surface area contributed by atoms with Gasteiger partial charge in [0.1, 0.15) is 11.3 Å². The summed E-state index contributed by atoms with van der Waals surface area (Å²) in [5.41, 5.74) is 3.00. The van der Waals surface area contributed by atoms with Crippen LogP contribution in [0.2, 0.25) is 0 Å². The average Bonchev–Trinajstić information content (AvgIpc) is 3.19. The number of aromatic nitrogens is 3. The third-order valence-corrected chi connectivity index (χ3v) is 6.54. The highest BCUT2D eigenvalue weighted by atomic mass is 16.5. The van der Waals surface area contributed by atoms with Crippen LogP contribution in [0.4, 0.5) is 0 Å². The van der Waals surface area contributed by atoms with Crippen molar-refractivity contribution in [1.82, 2.24) is 19.4 Å². The fraction of sp³-hybridized carbons (Fsp3) is 0.280. The Bertz CT molecular complexity index is 1430. The number of ether oxygens (including phenoxy) is 1. The number of aryl methyl sites for hydroxylation is 1. The highest BCUT2D eigenvalue weighted by Crippen LogP contribution is 2.38. The molecule has 0 radical (unpaired) electrons. The Morgan fingerprint density at radius 2 is 1.85 bits per heavy atom. The maximum absolute atomic E-state index is 12.9. The molecule has 170 valence electrons. The molecule has 0 unspecified atom stereocenters. The van der Waals surface area contributed by atoms with Gasteiger partial charge in [-0.2, -0.15) is 0 Å². The Hall–Kier alpha value is -3.78. The molecule has 0 bridgehead atoms. The van der Waals surface area contributed by atoms with Crippen molar-refractivity contribution in [2.24, 2.45) is 0 Å². The van der Waals surface area contributed by atoms with Gasteiger partial charge >= 0.3 is 5.69 Å². The molecule has 0 amide bonds. The maximum Gasteiger partial charge on any atom is 0.331 e. The molecule has 0 spiro atoms. The zero-order chi connectivity index (χ0) is 23.1. The van der Waals surface area contributed by atoms with E-state index in [9.17, 15) is 14.7 Å². The van der Waals surface area contributed by atoms with Crippen molar-refractivity contribution in [3.63, 3.8) is 0 Å². The van der Waals surface area contributed by atoms with Crippen LogP contribution in [0.15, 0.2) is 58.1 Å². The van der Waals surface area contributed by atoms with Gasteiger partial charge in [0.2, 0.25) is 5.88 Å². The number of aromatic amines is 2. The minimum Gasteiger partial charge on any atom is -0.497 e. The molecule has 0 aliphatic carbocycles. The standard InChI is InChI=1S/C25H26N4O4/c1-28-13-12-18-17-5-3-4-6-19(17)26-21(18)22(28)20-23(30)27-25(32)29(24(20)31)14-11-15-7-9-16(33-2)10-8-15/h3-10,22,26,31H,11-14H2,1-2H3,(H,27,30,32)/t22-/m0/s1. The van der Waals surface area contributed by atoms with Crippen molar-refractivity contribution in [2.45, 2.75) is 25.4 Å². The van der Waals surface area contributed by atoms with Crippen LogP contribution in [0.3, 0.4) is 0 Å². The van der Waals surface area contributed by atoms with Gasteiger partial charge in [-0.3, -0.25) is 19.2 Å². The highest BCUT2D eigenvalue weighted by molar-refractivity contribution is 5.85. The number of H-pyrrole nitrogens is 2. The molecule has 0 saturated carbocycles. The summed E-state index contributed by atoms with van der Waals surface area (Å²) in [6.45, 7) is 0.958. The predicted octanol–water partition coefficient (Wildman–Crippen LogP) is 2.55. The highest BCUT2D eigenvalue weighted by Gasteiger charge is 2.34. The Labute approximate surface area is 190 Å². The molecule has 5 rings (SSSR count). The number of nitrogens with zero attached hydrogens (tertiary/aromatic N) is 2. The molecule has 8 nitrogen and oxygen atoms in total. The zero-order valence-corrected chi connectivity index (χ0v) is 18.6. The van der Waals surface area contributed by atoms with Gasteiger partial charge in [-0.15, -0.1) is 0 Å². The molecule has 1 atom stereocenters. The second-order valence-corrected chi connectivity index (χ2v) is 8.44. The lowest BCUT2D eigenvalue weighted by molar-refractivity contribution is 0.250. The monoisotopic (exact) mass is 446 g/mol. The third-order valence-electron chi connectivity index (χ3n) is 6.54. The molecule has 1 aliphatic rings. The van der Waals surface area contributed by atoms with E-state index >= 15 is 0 Å². The van der Waals surface area contributed by atoms with Crippen molar-refractivity contribution in [3.8, 4) is 11.6 Å². The second-order valence-electron chi connectivity index (χ2n) is 8.44. The SMILES string of the molecule is COc1ccc(CCn2c(O)c([C@H]3c4[nH]c5ccccc5c4CCN3C)c(=O)[nH]c2=O)cc1. The average molecular weight is 447 g/mol. The smallest absolute Gasteiger partial charge is 0.331 e. The van der Waals surface area contributed by atoms with Gasteiger partial charge < -0.3 is 14.8 Å². The lowest BCUT2D eigenvalue weighted by atomic mass is 9.94. The van der Waals surface area contributed by atoms with E-state index < -0.39 is 17.3 Å². The molecule has 0 saturated heterocycles. The zero-order valence-electron chi connectivity index (χ0n) is 18.6. The summed E-state index contributed by atoms with van der Waals surface area (Å²) in [4.78, 5) is 33.4. The lowest BCUT2D eigenvalue weighted by Crippen LogP contribution is -2.40. The summed E-state index contributed by atoms with van der Waals surface area (Å²) >= 11 is 0. The van der Waals surface area contributed by atoms with Crippen LogP contribution in [0.25, 0.3) is 10.9 Å². The molecule has 0 fully saturated rings. The number of benzene rings is 2. The van der Waals surface area contributed by atoms with Crippen molar-refractivity contribution >= 4 is 10.9 Å². The summed E-state index contributed by atoms with van der Waals surface area (Å²) in [6.07, 6.45) is 1.35. The van der Waals surface area contributed by atoms with Crippen molar-refractivity contribution in [1.29, 1.82) is 0 Å². The Balaban J connectivity index is 1.56. The topological polar surface area (TPSA) is 103 Å². The number of rotatable bonds is 5. The van der Waals surface area contributed by atoms with E-state index in [2.05, 4.69) is 16.0 Å². The Kier molecular flexibility index (Phi) is 5.30. The van der Waals surface area contributed by atoms with E-state index in [4.69, 9.17) is 4.74 Å². The Morgan fingerprint density at radius 1 is 1.09 bits per heavy atom. The molecule has 33 heavy (non-hydrogen) atoms. The minimum atomic E-state index is -0.620. The number of nitrogens with one attached hydrogen (secondary N) is 2. The van der Waals surface area contributed by atoms with Crippen LogP contribution < -0.4 is 16.0 Å². The lowest BCUT2D eigenvalue weighted by Gasteiger charge is -2.33. The van der Waals surface area contributed by atoms with Crippen molar-refractivity contribution in [3.05, 3.63) is 91.8 Å². The van der Waals surface area contributed by atoms with Gasteiger partial charge in [0, 0.05) is 29.7 Å². The van der Waals surface area contributed by atoms with E-state index in [1.807, 2.05) is 54.4 Å². The number of likely N-dealkylation sites (N-methyl/N-ethyl adjacent to an activating group) is 1. The second kappa shape index (κ2) is 8.29. The summed E-state index contributed by atoms with van der Waals surface area (Å²) < 4.78 is 6.43. The molecular weight excluding hydrogens is 420 g/mol. The number of methoxy groups -OCH3 is 1. The van der Waals surface area contributed by atoms with Gasteiger partial charge in [-0.05, 0) is 49.2 Å². The molecule has 8 heteroatoms. The normalized spacial score (nSPS) is 16.1. The minimum absolute atomic E-state index is 0.180. The first kappa shape index (κ1) is 21.1. The number of hydrogen-bond acceptors (Lipinski definition) is 5. The van der Waals surface area contributed by atoms with Crippen LogP contribution in [0, 0.1) is 0 Å². The van der Waals surface area contributed by atoms with Crippen LogP contribution in [0.1, 0.15) is 28.4 Å². The number of para-hydroxylation sites is 1. The van der Waals surface area contributed by atoms with Crippen LogP contribution in [-0.2, 0) is 19.4 Å². The summed E-state index contributed by atoms with van der Waals surface area (Å²) in [5, 5.41) is 12.3. The van der Waals surface area contributed by atoms with Gasteiger partial charge in [0.05, 0.1) is 13.2 Å². The van der Waals surface area contributed by atoms with Crippen molar-refractivity contribution in [2.75, 3.05) is 20.7 Å². The fourth-order valence-electron chi connectivity index (χ4n) is 4.79. The summed E-state index contributed by atoms with van der Waals surface area (Å²) in [5.74, 6) is 0.459. The molecule has 1 aliphatic heterocycles. The number of hydrogen-bond donors (Lipinski definition) is 3. The molecule has 2 aromatic heterocycles. The molecule has 3 heterocycles.